The molecule has 1 N–H and O–H groups in total. The van der Waals surface area contributed by atoms with E-state index in [0.29, 0.717) is 16.7 Å². The molecule has 2 aromatic heterocycles. The van der Waals surface area contributed by atoms with Crippen molar-refractivity contribution in [2.24, 2.45) is 0 Å². The summed E-state index contributed by atoms with van der Waals surface area (Å²) in [7, 11) is 0. The molecule has 0 amide bonds. The Kier molecular flexibility index (Phi) is 2.86. The topological polar surface area (TPSA) is 85.3 Å². The smallest absolute Gasteiger partial charge is 0.230 e. The molecule has 21 heavy (non-hydrogen) atoms. The molecule has 6 nitrogen and oxygen atoms in total. The molecule has 0 unspecified atom stereocenters. The predicted octanol–water partition coefficient (Wildman–Crippen LogP) is 2.53. The molecule has 0 saturated carbocycles. The minimum absolute atomic E-state index is 0.0501. The van der Waals surface area contributed by atoms with E-state index in [1.54, 1.807) is 31.2 Å². The van der Waals surface area contributed by atoms with Gasteiger partial charge in [-0.15, -0.1) is 0 Å². The van der Waals surface area contributed by atoms with Crippen LogP contribution in [-0.2, 0) is 0 Å². The first kappa shape index (κ1) is 13.1. The van der Waals surface area contributed by atoms with Gasteiger partial charge in [0.25, 0.3) is 0 Å². The van der Waals surface area contributed by atoms with Gasteiger partial charge >= 0.3 is 0 Å². The minimum atomic E-state index is -0.486. The van der Waals surface area contributed by atoms with Crippen LogP contribution >= 0.6 is 0 Å². The minimum Gasteiger partial charge on any atom is -0.494 e. The van der Waals surface area contributed by atoms with E-state index in [4.69, 9.17) is 4.52 Å². The Bertz CT molecular complexity index is 873. The number of para-hydroxylation sites is 1. The Morgan fingerprint density at radius 2 is 2.00 bits per heavy atom. The van der Waals surface area contributed by atoms with Gasteiger partial charge in [-0.2, -0.15) is 0 Å². The molecule has 0 atom stereocenters. The Morgan fingerprint density at radius 3 is 2.62 bits per heavy atom. The quantitative estimate of drug-likeness (QED) is 0.731. The largest absolute Gasteiger partial charge is 0.494 e. The fraction of sp³-hybridized carbons (Fsp3) is 0.133. The van der Waals surface area contributed by atoms with Crippen LogP contribution < -0.4 is 0 Å². The summed E-state index contributed by atoms with van der Waals surface area (Å²) < 4.78 is 5.99. The molecule has 0 spiro atoms. The van der Waals surface area contributed by atoms with Gasteiger partial charge in [0.1, 0.15) is 5.76 Å². The summed E-state index contributed by atoms with van der Waals surface area (Å²) in [4.78, 5) is 24.2. The molecule has 0 radical (unpaired) electrons. The summed E-state index contributed by atoms with van der Waals surface area (Å²) in [5, 5.41) is 14.4. The van der Waals surface area contributed by atoms with E-state index < -0.39 is 5.78 Å². The van der Waals surface area contributed by atoms with Gasteiger partial charge in [-0.3, -0.25) is 14.2 Å². The molecule has 0 bridgehead atoms. The summed E-state index contributed by atoms with van der Waals surface area (Å²) in [6, 6.07) is 8.30. The zero-order valence-corrected chi connectivity index (χ0v) is 11.5. The van der Waals surface area contributed by atoms with Crippen molar-refractivity contribution in [2.75, 3.05) is 0 Å². The Balaban J connectivity index is 2.30. The molecule has 106 valence electrons. The number of aromatic nitrogens is 2. The fourth-order valence-electron chi connectivity index (χ4n) is 2.37. The molecular weight excluding hydrogens is 272 g/mol. The Hall–Kier alpha value is -2.89. The summed E-state index contributed by atoms with van der Waals surface area (Å²) >= 11 is 0. The Morgan fingerprint density at radius 1 is 1.29 bits per heavy atom. The number of nitrogens with zero attached hydrogens (tertiary/aromatic N) is 2. The van der Waals surface area contributed by atoms with Crippen LogP contribution in [0.4, 0.5) is 0 Å². The van der Waals surface area contributed by atoms with E-state index in [0.717, 1.165) is 4.57 Å². The average Bonchev–Trinajstić information content (AvgIpc) is 2.98. The van der Waals surface area contributed by atoms with Crippen LogP contribution in [0.5, 0.6) is 5.88 Å². The SMILES string of the molecule is CC(=O)n1c(O)c(C(=O)c2cc(C)on2)c2ccccc21. The maximum atomic E-state index is 12.5. The number of fused-ring (bicyclic) bond motifs is 1. The van der Waals surface area contributed by atoms with Crippen molar-refractivity contribution in [3.8, 4) is 5.88 Å². The number of aromatic hydroxyl groups is 1. The van der Waals surface area contributed by atoms with Gasteiger partial charge in [0, 0.05) is 18.4 Å². The van der Waals surface area contributed by atoms with Gasteiger partial charge in [-0.25, -0.2) is 0 Å². The summed E-state index contributed by atoms with van der Waals surface area (Å²) in [5.41, 5.74) is 0.620. The van der Waals surface area contributed by atoms with E-state index in [2.05, 4.69) is 5.16 Å². The van der Waals surface area contributed by atoms with Crippen LogP contribution in [0.2, 0.25) is 0 Å². The number of carbonyl (C=O) groups excluding carboxylic acids is 2. The van der Waals surface area contributed by atoms with E-state index >= 15 is 0 Å². The number of aryl methyl sites for hydroxylation is 1. The lowest BCUT2D eigenvalue weighted by atomic mass is 10.1. The third-order valence-electron chi connectivity index (χ3n) is 3.25. The zero-order valence-electron chi connectivity index (χ0n) is 11.5. The number of hydrogen-bond donors (Lipinski definition) is 1. The summed E-state index contributed by atoms with van der Waals surface area (Å²) in [5.74, 6) is -0.748. The standard InChI is InChI=1S/C15H12N2O4/c1-8-7-11(16-21-8)14(19)13-10-5-3-4-6-12(10)17(9(2)18)15(13)20/h3-7,20H,1-2H3. The van der Waals surface area contributed by atoms with E-state index in [1.165, 1.54) is 13.0 Å². The van der Waals surface area contributed by atoms with Crippen molar-refractivity contribution in [1.29, 1.82) is 0 Å². The Labute approximate surface area is 119 Å². The van der Waals surface area contributed by atoms with Gasteiger partial charge in [-0.1, -0.05) is 23.4 Å². The molecule has 3 aromatic rings. The van der Waals surface area contributed by atoms with Crippen LogP contribution in [0.3, 0.4) is 0 Å². The van der Waals surface area contributed by atoms with Crippen LogP contribution in [0.1, 0.15) is 33.5 Å². The maximum absolute atomic E-state index is 12.5. The van der Waals surface area contributed by atoms with Gasteiger partial charge in [0.15, 0.2) is 5.69 Å². The van der Waals surface area contributed by atoms with E-state index in [9.17, 15) is 14.7 Å². The van der Waals surface area contributed by atoms with Gasteiger partial charge < -0.3 is 9.63 Å². The highest BCUT2D eigenvalue weighted by Crippen LogP contribution is 2.32. The van der Waals surface area contributed by atoms with E-state index in [1.807, 2.05) is 0 Å². The van der Waals surface area contributed by atoms with Gasteiger partial charge in [-0.05, 0) is 13.0 Å². The van der Waals surface area contributed by atoms with Crippen molar-refractivity contribution in [3.05, 3.63) is 47.3 Å². The molecular formula is C15H12N2O4. The van der Waals surface area contributed by atoms with Crippen LogP contribution in [0.25, 0.3) is 10.9 Å². The van der Waals surface area contributed by atoms with Crippen molar-refractivity contribution >= 4 is 22.6 Å². The highest BCUT2D eigenvalue weighted by molar-refractivity contribution is 6.19. The molecule has 0 fully saturated rings. The highest BCUT2D eigenvalue weighted by Gasteiger charge is 2.26. The lowest BCUT2D eigenvalue weighted by molar-refractivity contribution is 0.0933. The molecule has 0 aliphatic rings. The normalized spacial score (nSPS) is 11.0. The van der Waals surface area contributed by atoms with Crippen LogP contribution in [0.15, 0.2) is 34.9 Å². The summed E-state index contributed by atoms with van der Waals surface area (Å²) in [6.45, 7) is 2.99. The summed E-state index contributed by atoms with van der Waals surface area (Å²) in [6.07, 6.45) is 0. The number of benzene rings is 1. The lowest BCUT2D eigenvalue weighted by Gasteiger charge is -2.00. The second-order valence-electron chi connectivity index (χ2n) is 4.72. The first-order chi connectivity index (χ1) is 10.0. The first-order valence-electron chi connectivity index (χ1n) is 6.32. The number of hydrogen-bond acceptors (Lipinski definition) is 5. The molecule has 0 aliphatic heterocycles. The highest BCUT2D eigenvalue weighted by atomic mass is 16.5. The van der Waals surface area contributed by atoms with Crippen LogP contribution in [0, 0.1) is 6.92 Å². The first-order valence-corrected chi connectivity index (χ1v) is 6.32. The van der Waals surface area contributed by atoms with Crippen molar-refractivity contribution in [2.45, 2.75) is 13.8 Å². The van der Waals surface area contributed by atoms with Crippen molar-refractivity contribution in [1.82, 2.24) is 9.72 Å². The predicted molar refractivity (Wildman–Crippen MR) is 74.6 cm³/mol. The fourth-order valence-corrected chi connectivity index (χ4v) is 2.37. The molecule has 2 heterocycles. The maximum Gasteiger partial charge on any atom is 0.230 e. The number of ketones is 1. The van der Waals surface area contributed by atoms with Crippen molar-refractivity contribution < 1.29 is 19.2 Å². The number of carbonyl (C=O) groups is 2. The van der Waals surface area contributed by atoms with E-state index in [-0.39, 0.29) is 23.0 Å². The molecule has 6 heteroatoms. The monoisotopic (exact) mass is 284 g/mol. The zero-order chi connectivity index (χ0) is 15.1. The number of rotatable bonds is 2. The molecule has 0 aliphatic carbocycles. The second-order valence-corrected chi connectivity index (χ2v) is 4.72. The van der Waals surface area contributed by atoms with Crippen LogP contribution in [-0.4, -0.2) is 26.5 Å². The molecule has 1 aromatic carbocycles. The third-order valence-corrected chi connectivity index (χ3v) is 3.25. The second kappa shape index (κ2) is 4.59. The molecule has 3 rings (SSSR count). The van der Waals surface area contributed by atoms with Gasteiger partial charge in [0.05, 0.1) is 11.1 Å². The van der Waals surface area contributed by atoms with Crippen molar-refractivity contribution in [3.63, 3.8) is 0 Å². The average molecular weight is 284 g/mol. The third kappa shape index (κ3) is 1.92. The molecule has 0 saturated heterocycles. The lowest BCUT2D eigenvalue weighted by Crippen LogP contribution is -2.06. The van der Waals surface area contributed by atoms with Gasteiger partial charge in [0.2, 0.25) is 17.6 Å².